The molecule has 0 spiro atoms. The van der Waals surface area contributed by atoms with Crippen LogP contribution in [0, 0.1) is 5.92 Å². The van der Waals surface area contributed by atoms with E-state index in [4.69, 9.17) is 0 Å². The maximum Gasteiger partial charge on any atom is 0.0515 e. The first kappa shape index (κ1) is 8.11. The highest BCUT2D eigenvalue weighted by Gasteiger charge is 2.33. The van der Waals surface area contributed by atoms with Crippen molar-refractivity contribution in [2.45, 2.75) is 25.3 Å². The first-order valence-corrected chi connectivity index (χ1v) is 4.92. The van der Waals surface area contributed by atoms with E-state index in [1.807, 2.05) is 0 Å². The van der Waals surface area contributed by atoms with E-state index in [-0.39, 0.29) is 0 Å². The Bertz CT molecular complexity index is 186. The average molecular weight is 166 g/mol. The van der Waals surface area contributed by atoms with Crippen LogP contribution in [-0.2, 0) is 0 Å². The van der Waals surface area contributed by atoms with Gasteiger partial charge < -0.3 is 5.32 Å². The second-order valence-electron chi connectivity index (χ2n) is 4.07. The van der Waals surface area contributed by atoms with Crippen molar-refractivity contribution in [2.24, 2.45) is 5.92 Å². The van der Waals surface area contributed by atoms with E-state index in [9.17, 15) is 0 Å². The Balaban J connectivity index is 2.12. The van der Waals surface area contributed by atoms with Gasteiger partial charge in [-0.3, -0.25) is 4.90 Å². The van der Waals surface area contributed by atoms with E-state index in [0.29, 0.717) is 6.04 Å². The minimum atomic E-state index is 0.618. The molecule has 0 aliphatic carbocycles. The zero-order chi connectivity index (χ0) is 8.55. The molecule has 1 N–H and O–H groups in total. The normalized spacial score (nSPS) is 37.2. The summed E-state index contributed by atoms with van der Waals surface area (Å²) in [5.74, 6) is 0.873. The molecule has 0 aromatic heterocycles. The highest BCUT2D eigenvalue weighted by molar-refractivity contribution is 5.10. The number of likely N-dealkylation sites (tertiary alicyclic amines) is 1. The number of rotatable bonds is 0. The van der Waals surface area contributed by atoms with Gasteiger partial charge in [-0.1, -0.05) is 6.58 Å². The second kappa shape index (κ2) is 3.09. The van der Waals surface area contributed by atoms with Gasteiger partial charge in [0.25, 0.3) is 0 Å². The summed E-state index contributed by atoms with van der Waals surface area (Å²) in [7, 11) is 2.22. The molecule has 2 aliphatic rings. The van der Waals surface area contributed by atoms with Gasteiger partial charge in [0.05, 0.1) is 6.04 Å². The van der Waals surface area contributed by atoms with E-state index < -0.39 is 0 Å². The third-order valence-electron chi connectivity index (χ3n) is 3.23. The lowest BCUT2D eigenvalue weighted by Gasteiger charge is -2.43. The first-order valence-electron chi connectivity index (χ1n) is 4.92. The highest BCUT2D eigenvalue weighted by Crippen LogP contribution is 2.30. The van der Waals surface area contributed by atoms with Crippen molar-refractivity contribution in [3.05, 3.63) is 12.3 Å². The molecule has 0 bridgehead atoms. The van der Waals surface area contributed by atoms with Gasteiger partial charge >= 0.3 is 0 Å². The van der Waals surface area contributed by atoms with Crippen LogP contribution >= 0.6 is 0 Å². The zero-order valence-corrected chi connectivity index (χ0v) is 7.84. The van der Waals surface area contributed by atoms with Gasteiger partial charge in [0.15, 0.2) is 0 Å². The summed E-state index contributed by atoms with van der Waals surface area (Å²) in [5, 5.41) is 3.38. The van der Waals surface area contributed by atoms with E-state index in [1.165, 1.54) is 31.5 Å². The topological polar surface area (TPSA) is 15.3 Å². The van der Waals surface area contributed by atoms with Gasteiger partial charge in [-0.15, -0.1) is 0 Å². The summed E-state index contributed by atoms with van der Waals surface area (Å²) in [6.07, 6.45) is 4.09. The van der Waals surface area contributed by atoms with Crippen molar-refractivity contribution in [2.75, 3.05) is 20.1 Å². The lowest BCUT2D eigenvalue weighted by molar-refractivity contribution is 0.120. The van der Waals surface area contributed by atoms with Gasteiger partial charge in [0.2, 0.25) is 0 Å². The molecule has 0 aromatic carbocycles. The monoisotopic (exact) mass is 166 g/mol. The number of fused-ring (bicyclic) bond motifs is 1. The molecule has 68 valence electrons. The van der Waals surface area contributed by atoms with Crippen molar-refractivity contribution in [1.82, 2.24) is 10.2 Å². The Morgan fingerprint density at radius 3 is 3.08 bits per heavy atom. The predicted molar refractivity (Wildman–Crippen MR) is 50.9 cm³/mol. The number of hydrogen-bond donors (Lipinski definition) is 1. The molecule has 0 saturated carbocycles. The molecular weight excluding hydrogens is 148 g/mol. The van der Waals surface area contributed by atoms with Crippen LogP contribution in [0.2, 0.25) is 0 Å². The first-order chi connectivity index (χ1) is 5.79. The standard InChI is InChI=1S/C10H18N2/c1-8-10-9(5-6-11-8)4-3-7-12(10)2/h9-11H,1,3-7H2,2H3. The molecule has 2 fully saturated rings. The van der Waals surface area contributed by atoms with E-state index in [0.717, 1.165) is 12.5 Å². The van der Waals surface area contributed by atoms with Crippen molar-refractivity contribution >= 4 is 0 Å². The molecule has 2 aliphatic heterocycles. The molecule has 2 heterocycles. The summed E-state index contributed by atoms with van der Waals surface area (Å²) in [6, 6.07) is 0.618. The summed E-state index contributed by atoms with van der Waals surface area (Å²) < 4.78 is 0. The summed E-state index contributed by atoms with van der Waals surface area (Å²) in [4.78, 5) is 2.45. The van der Waals surface area contributed by atoms with Crippen LogP contribution in [0.3, 0.4) is 0 Å². The van der Waals surface area contributed by atoms with Crippen LogP contribution in [-0.4, -0.2) is 31.1 Å². The Morgan fingerprint density at radius 2 is 2.33 bits per heavy atom. The Hall–Kier alpha value is -0.500. The van der Waals surface area contributed by atoms with Crippen LogP contribution < -0.4 is 5.32 Å². The molecular formula is C10H18N2. The maximum absolute atomic E-state index is 4.10. The molecule has 2 nitrogen and oxygen atoms in total. The summed E-state index contributed by atoms with van der Waals surface area (Å²) in [5.41, 5.74) is 1.24. The minimum absolute atomic E-state index is 0.618. The summed E-state index contributed by atoms with van der Waals surface area (Å²) in [6.45, 7) is 6.47. The van der Waals surface area contributed by atoms with Crippen LogP contribution in [0.4, 0.5) is 0 Å². The van der Waals surface area contributed by atoms with Crippen molar-refractivity contribution in [3.63, 3.8) is 0 Å². The Kier molecular flexibility index (Phi) is 2.09. The number of piperidine rings is 2. The fourth-order valence-corrected chi connectivity index (χ4v) is 2.64. The fraction of sp³-hybridized carbons (Fsp3) is 0.800. The van der Waals surface area contributed by atoms with Gasteiger partial charge in [-0.05, 0) is 38.8 Å². The van der Waals surface area contributed by atoms with Crippen LogP contribution in [0.1, 0.15) is 19.3 Å². The van der Waals surface area contributed by atoms with Crippen molar-refractivity contribution in [3.8, 4) is 0 Å². The van der Waals surface area contributed by atoms with Crippen LogP contribution in [0.5, 0.6) is 0 Å². The van der Waals surface area contributed by atoms with Gasteiger partial charge in [0, 0.05) is 12.2 Å². The lowest BCUT2D eigenvalue weighted by atomic mass is 9.83. The van der Waals surface area contributed by atoms with Gasteiger partial charge in [0.1, 0.15) is 0 Å². The molecule has 0 amide bonds. The van der Waals surface area contributed by atoms with Gasteiger partial charge in [-0.2, -0.15) is 0 Å². The van der Waals surface area contributed by atoms with Crippen molar-refractivity contribution in [1.29, 1.82) is 0 Å². The number of hydrogen-bond acceptors (Lipinski definition) is 2. The molecule has 0 radical (unpaired) electrons. The molecule has 12 heavy (non-hydrogen) atoms. The largest absolute Gasteiger partial charge is 0.388 e. The predicted octanol–water partition coefficient (Wildman–Crippen LogP) is 1.20. The molecule has 2 heteroatoms. The van der Waals surface area contributed by atoms with E-state index in [2.05, 4.69) is 23.8 Å². The SMILES string of the molecule is C=C1NCCC2CCCN(C)C12. The highest BCUT2D eigenvalue weighted by atomic mass is 15.2. The van der Waals surface area contributed by atoms with Crippen LogP contribution in [0.25, 0.3) is 0 Å². The van der Waals surface area contributed by atoms with E-state index >= 15 is 0 Å². The third-order valence-corrected chi connectivity index (χ3v) is 3.23. The average Bonchev–Trinajstić information content (AvgIpc) is 2.04. The molecule has 2 rings (SSSR count). The second-order valence-corrected chi connectivity index (χ2v) is 4.07. The number of nitrogens with zero attached hydrogens (tertiary/aromatic N) is 1. The molecule has 2 unspecified atom stereocenters. The minimum Gasteiger partial charge on any atom is -0.388 e. The van der Waals surface area contributed by atoms with Crippen molar-refractivity contribution < 1.29 is 0 Å². The smallest absolute Gasteiger partial charge is 0.0515 e. The Labute approximate surface area is 74.6 Å². The quantitative estimate of drug-likeness (QED) is 0.582. The molecule has 2 saturated heterocycles. The van der Waals surface area contributed by atoms with Gasteiger partial charge in [-0.25, -0.2) is 0 Å². The third kappa shape index (κ3) is 1.24. The Morgan fingerprint density at radius 1 is 1.50 bits per heavy atom. The molecule has 0 aromatic rings. The molecule has 2 atom stereocenters. The summed E-state index contributed by atoms with van der Waals surface area (Å²) >= 11 is 0. The number of nitrogens with one attached hydrogen (secondary N) is 1. The maximum atomic E-state index is 4.10. The fourth-order valence-electron chi connectivity index (χ4n) is 2.64. The lowest BCUT2D eigenvalue weighted by Crippen LogP contribution is -2.50. The van der Waals surface area contributed by atoms with Crippen LogP contribution in [0.15, 0.2) is 12.3 Å². The van der Waals surface area contributed by atoms with E-state index in [1.54, 1.807) is 0 Å². The number of likely N-dealkylation sites (N-methyl/N-ethyl adjacent to an activating group) is 1. The zero-order valence-electron chi connectivity index (χ0n) is 7.84.